The smallest absolute Gasteiger partial charge is 0.235 e. The third-order valence-corrected chi connectivity index (χ3v) is 2.74. The maximum Gasteiger partial charge on any atom is 0.235 e. The lowest BCUT2D eigenvalue weighted by Gasteiger charge is -1.82. The minimum Gasteiger partial charge on any atom is -0.311 e. The lowest BCUT2D eigenvalue weighted by Crippen LogP contribution is -2.18. The summed E-state index contributed by atoms with van der Waals surface area (Å²) in [6, 6.07) is 10.3. The van der Waals surface area contributed by atoms with Gasteiger partial charge >= 0.3 is 0 Å². The molecule has 1 aromatic carbocycles. The zero-order valence-corrected chi connectivity index (χ0v) is 9.45. The number of carbonyl (C=O) groups excluding carboxylic acids is 1. The van der Waals surface area contributed by atoms with Crippen LogP contribution in [0.25, 0.3) is 0 Å². The highest BCUT2D eigenvalue weighted by Gasteiger charge is 2.13. The van der Waals surface area contributed by atoms with E-state index >= 15 is 0 Å². The van der Waals surface area contributed by atoms with E-state index in [0.29, 0.717) is 10.1 Å². The van der Waals surface area contributed by atoms with Crippen molar-refractivity contribution in [1.29, 1.82) is 0 Å². The van der Waals surface area contributed by atoms with E-state index < -0.39 is 0 Å². The Hall–Kier alpha value is -0.870. The number of thiocarbonyl (C=S) groups is 1. The summed E-state index contributed by atoms with van der Waals surface area (Å²) in [5, 5.41) is 2.47. The van der Waals surface area contributed by atoms with Gasteiger partial charge in [0.25, 0.3) is 0 Å². The van der Waals surface area contributed by atoms with E-state index in [4.69, 9.17) is 0 Å². The van der Waals surface area contributed by atoms with Gasteiger partial charge in [-0.25, -0.2) is 0 Å². The van der Waals surface area contributed by atoms with Crippen LogP contribution in [0, 0.1) is 6.92 Å². The normalized spacial score (nSPS) is 14.4. The van der Waals surface area contributed by atoms with Crippen LogP contribution < -0.4 is 5.32 Å². The highest BCUT2D eigenvalue weighted by atomic mass is 32.2. The number of hydrogen-bond donors (Lipinski definition) is 1. The van der Waals surface area contributed by atoms with Crippen molar-refractivity contribution in [2.75, 3.05) is 5.75 Å². The summed E-state index contributed by atoms with van der Waals surface area (Å²) in [5.74, 6) is 0.522. The van der Waals surface area contributed by atoms with Crippen LogP contribution in [-0.4, -0.2) is 16.0 Å². The largest absolute Gasteiger partial charge is 0.311 e. The van der Waals surface area contributed by atoms with Crippen LogP contribution >= 0.6 is 24.0 Å². The first kappa shape index (κ1) is 11.2. The fourth-order valence-corrected chi connectivity index (χ4v) is 1.66. The number of thioether (sulfide) groups is 1. The van der Waals surface area contributed by atoms with Gasteiger partial charge in [0, 0.05) is 0 Å². The Morgan fingerprint density at radius 3 is 2.21 bits per heavy atom. The van der Waals surface area contributed by atoms with Gasteiger partial charge in [0.15, 0.2) is 0 Å². The summed E-state index contributed by atoms with van der Waals surface area (Å²) < 4.78 is 0.602. The molecule has 1 N–H and O–H groups in total. The maximum atomic E-state index is 10.2. The van der Waals surface area contributed by atoms with Gasteiger partial charge in [-0.05, 0) is 6.92 Å². The molecule has 0 aromatic heterocycles. The van der Waals surface area contributed by atoms with E-state index in [1.807, 2.05) is 18.2 Å². The lowest BCUT2D eigenvalue weighted by molar-refractivity contribution is -0.116. The Labute approximate surface area is 93.1 Å². The van der Waals surface area contributed by atoms with E-state index in [0.717, 1.165) is 0 Å². The van der Waals surface area contributed by atoms with Gasteiger partial charge in [0.2, 0.25) is 5.91 Å². The molecule has 1 aliphatic rings. The van der Waals surface area contributed by atoms with Crippen LogP contribution in [0.1, 0.15) is 5.56 Å². The van der Waals surface area contributed by atoms with Crippen LogP contribution in [0.2, 0.25) is 0 Å². The standard InChI is InChI=1S/C7H8.C3H3NOS2/c1-7-5-3-2-4-6-7;5-2-1-7-3(6)4-2/h2-6H,1H3;1H2,(H,4,5,6). The van der Waals surface area contributed by atoms with Crippen molar-refractivity contribution in [1.82, 2.24) is 5.32 Å². The second-order valence-electron chi connectivity index (χ2n) is 2.78. The molecule has 1 saturated heterocycles. The predicted octanol–water partition coefficient (Wildman–Crippen LogP) is 2.13. The molecule has 2 nitrogen and oxygen atoms in total. The molecule has 1 amide bonds. The summed E-state index contributed by atoms with van der Waals surface area (Å²) >= 11 is 6.00. The topological polar surface area (TPSA) is 29.1 Å². The number of aryl methyl sites for hydroxylation is 1. The Morgan fingerprint density at radius 2 is 2.00 bits per heavy atom. The average Bonchev–Trinajstić information content (AvgIpc) is 2.52. The molecule has 1 fully saturated rings. The monoisotopic (exact) mass is 225 g/mol. The molecular weight excluding hydrogens is 214 g/mol. The van der Waals surface area contributed by atoms with Crippen LogP contribution in [0.15, 0.2) is 30.3 Å². The van der Waals surface area contributed by atoms with Gasteiger partial charge < -0.3 is 5.32 Å². The second kappa shape index (κ2) is 5.78. The number of nitrogens with one attached hydrogen (secondary N) is 1. The molecule has 0 bridgehead atoms. The first-order valence-corrected chi connectivity index (χ1v) is 5.56. The van der Waals surface area contributed by atoms with Crippen molar-refractivity contribution >= 4 is 34.2 Å². The van der Waals surface area contributed by atoms with Gasteiger partial charge in [-0.3, -0.25) is 4.79 Å². The third kappa shape index (κ3) is 4.39. The van der Waals surface area contributed by atoms with E-state index in [2.05, 4.69) is 36.6 Å². The number of rotatable bonds is 0. The molecular formula is C10H11NOS2. The van der Waals surface area contributed by atoms with E-state index in [1.165, 1.54) is 17.3 Å². The second-order valence-corrected chi connectivity index (χ2v) is 4.43. The van der Waals surface area contributed by atoms with Crippen molar-refractivity contribution < 1.29 is 4.79 Å². The summed E-state index contributed by atoms with van der Waals surface area (Å²) in [4.78, 5) is 10.2. The van der Waals surface area contributed by atoms with Crippen molar-refractivity contribution in [3.05, 3.63) is 35.9 Å². The van der Waals surface area contributed by atoms with Crippen molar-refractivity contribution in [2.24, 2.45) is 0 Å². The van der Waals surface area contributed by atoms with Crippen molar-refractivity contribution in [2.45, 2.75) is 6.92 Å². The highest BCUT2D eigenvalue weighted by Crippen LogP contribution is 2.06. The zero-order valence-electron chi connectivity index (χ0n) is 7.82. The fraction of sp³-hybridized carbons (Fsp3) is 0.200. The maximum absolute atomic E-state index is 10.2. The minimum atomic E-state index is 0.0231. The Bertz CT molecular complexity index is 310. The zero-order chi connectivity index (χ0) is 10.4. The molecule has 0 aliphatic carbocycles. The van der Waals surface area contributed by atoms with Gasteiger partial charge in [-0.1, -0.05) is 59.9 Å². The summed E-state index contributed by atoms with van der Waals surface area (Å²) in [6.07, 6.45) is 0. The first-order chi connectivity index (χ1) is 6.68. The van der Waals surface area contributed by atoms with Crippen LogP contribution in [0.3, 0.4) is 0 Å². The number of amides is 1. The van der Waals surface area contributed by atoms with E-state index in [-0.39, 0.29) is 5.91 Å². The van der Waals surface area contributed by atoms with Gasteiger partial charge in [-0.2, -0.15) is 0 Å². The van der Waals surface area contributed by atoms with Gasteiger partial charge in [0.05, 0.1) is 5.75 Å². The predicted molar refractivity (Wildman–Crippen MR) is 64.4 cm³/mol. The average molecular weight is 225 g/mol. The van der Waals surface area contributed by atoms with Crippen LogP contribution in [0.4, 0.5) is 0 Å². The summed E-state index contributed by atoms with van der Waals surface area (Å²) in [5.41, 5.74) is 1.32. The molecule has 2 rings (SSSR count). The quantitative estimate of drug-likeness (QED) is 0.686. The summed E-state index contributed by atoms with van der Waals surface area (Å²) in [6.45, 7) is 2.08. The van der Waals surface area contributed by atoms with Crippen molar-refractivity contribution in [3.8, 4) is 0 Å². The van der Waals surface area contributed by atoms with Gasteiger partial charge in [-0.15, -0.1) is 0 Å². The lowest BCUT2D eigenvalue weighted by atomic mass is 10.2. The molecule has 0 saturated carbocycles. The van der Waals surface area contributed by atoms with Crippen LogP contribution in [0.5, 0.6) is 0 Å². The Kier molecular flexibility index (Phi) is 4.62. The third-order valence-electron chi connectivity index (χ3n) is 1.52. The van der Waals surface area contributed by atoms with Gasteiger partial charge in [0.1, 0.15) is 4.32 Å². The Morgan fingerprint density at radius 1 is 1.36 bits per heavy atom. The number of benzene rings is 1. The fourth-order valence-electron chi connectivity index (χ4n) is 0.851. The first-order valence-electron chi connectivity index (χ1n) is 4.17. The van der Waals surface area contributed by atoms with E-state index in [1.54, 1.807) is 0 Å². The molecule has 1 aliphatic heterocycles. The molecule has 0 radical (unpaired) electrons. The molecule has 14 heavy (non-hydrogen) atoms. The van der Waals surface area contributed by atoms with Crippen molar-refractivity contribution in [3.63, 3.8) is 0 Å². The van der Waals surface area contributed by atoms with E-state index in [9.17, 15) is 4.79 Å². The van der Waals surface area contributed by atoms with Crippen LogP contribution in [-0.2, 0) is 4.79 Å². The number of carbonyl (C=O) groups is 1. The minimum absolute atomic E-state index is 0.0231. The summed E-state index contributed by atoms with van der Waals surface area (Å²) in [7, 11) is 0. The Balaban J connectivity index is 0.000000140. The molecule has 74 valence electrons. The molecule has 0 spiro atoms. The molecule has 4 heteroatoms. The molecule has 1 aromatic rings. The number of hydrogen-bond acceptors (Lipinski definition) is 3. The molecule has 1 heterocycles. The highest BCUT2D eigenvalue weighted by molar-refractivity contribution is 8.24. The molecule has 0 unspecified atom stereocenters. The molecule has 0 atom stereocenters. The SMILES string of the molecule is Cc1ccccc1.O=C1CSC(=S)N1.